The van der Waals surface area contributed by atoms with Crippen molar-refractivity contribution in [2.45, 2.75) is 13.1 Å². The van der Waals surface area contributed by atoms with E-state index in [1.807, 2.05) is 31.2 Å². The first-order valence-corrected chi connectivity index (χ1v) is 5.15. The van der Waals surface area contributed by atoms with Crippen LogP contribution in [0.25, 0.3) is 10.8 Å². The van der Waals surface area contributed by atoms with Gasteiger partial charge < -0.3 is 4.74 Å². The Labute approximate surface area is 96.8 Å². The number of rotatable bonds is 2. The minimum absolute atomic E-state index is 0.249. The van der Waals surface area contributed by atoms with E-state index in [2.05, 4.69) is 0 Å². The molecule has 0 aliphatic heterocycles. The molecule has 0 amide bonds. The molecular formula is C13H11F3O. The average Bonchev–Trinajstić information content (AvgIpc) is 2.26. The van der Waals surface area contributed by atoms with Crippen LogP contribution in [-0.2, 0) is 0 Å². The molecule has 0 N–H and O–H groups in total. The van der Waals surface area contributed by atoms with Crippen LogP contribution in [0.1, 0.15) is 5.56 Å². The van der Waals surface area contributed by atoms with E-state index in [9.17, 15) is 13.2 Å². The Morgan fingerprint density at radius 1 is 1.12 bits per heavy atom. The van der Waals surface area contributed by atoms with E-state index in [-0.39, 0.29) is 5.75 Å². The van der Waals surface area contributed by atoms with Gasteiger partial charge in [0.15, 0.2) is 6.61 Å². The summed E-state index contributed by atoms with van der Waals surface area (Å²) < 4.78 is 40.8. The summed E-state index contributed by atoms with van der Waals surface area (Å²) in [5.41, 5.74) is 0.903. The van der Waals surface area contributed by atoms with Gasteiger partial charge in [-0.25, -0.2) is 0 Å². The number of halogens is 3. The summed E-state index contributed by atoms with van der Waals surface area (Å²) >= 11 is 0. The molecule has 0 fully saturated rings. The van der Waals surface area contributed by atoms with Gasteiger partial charge in [0, 0.05) is 0 Å². The fourth-order valence-electron chi connectivity index (χ4n) is 1.72. The van der Waals surface area contributed by atoms with E-state index in [1.54, 1.807) is 12.1 Å². The molecule has 2 aromatic carbocycles. The van der Waals surface area contributed by atoms with Crippen LogP contribution in [0.3, 0.4) is 0 Å². The lowest BCUT2D eigenvalue weighted by Gasteiger charge is -2.11. The zero-order valence-electron chi connectivity index (χ0n) is 9.21. The molecule has 0 unspecified atom stereocenters. The van der Waals surface area contributed by atoms with Crippen molar-refractivity contribution in [1.82, 2.24) is 0 Å². The lowest BCUT2D eigenvalue weighted by molar-refractivity contribution is -0.153. The van der Waals surface area contributed by atoms with Crippen LogP contribution >= 0.6 is 0 Å². The molecule has 0 aromatic heterocycles. The summed E-state index contributed by atoms with van der Waals surface area (Å²) in [6.07, 6.45) is -4.31. The van der Waals surface area contributed by atoms with Crippen molar-refractivity contribution in [3.8, 4) is 5.75 Å². The normalized spacial score (nSPS) is 11.8. The molecule has 0 aliphatic carbocycles. The summed E-state index contributed by atoms with van der Waals surface area (Å²) in [6.45, 7) is 0.591. The predicted octanol–water partition coefficient (Wildman–Crippen LogP) is 4.09. The second-order valence-electron chi connectivity index (χ2n) is 3.87. The summed E-state index contributed by atoms with van der Waals surface area (Å²) in [4.78, 5) is 0. The highest BCUT2D eigenvalue weighted by molar-refractivity contribution is 5.86. The van der Waals surface area contributed by atoms with E-state index < -0.39 is 12.8 Å². The van der Waals surface area contributed by atoms with Gasteiger partial charge in [0.25, 0.3) is 0 Å². The lowest BCUT2D eigenvalue weighted by atomic mass is 10.1. The Morgan fingerprint density at radius 2 is 1.82 bits per heavy atom. The van der Waals surface area contributed by atoms with Crippen molar-refractivity contribution < 1.29 is 17.9 Å². The van der Waals surface area contributed by atoms with Crippen molar-refractivity contribution in [2.75, 3.05) is 6.61 Å². The molecule has 17 heavy (non-hydrogen) atoms. The van der Waals surface area contributed by atoms with Gasteiger partial charge in [-0.2, -0.15) is 13.2 Å². The largest absolute Gasteiger partial charge is 0.484 e. The summed E-state index contributed by atoms with van der Waals surface area (Å²) in [7, 11) is 0. The van der Waals surface area contributed by atoms with Crippen LogP contribution in [0.5, 0.6) is 5.75 Å². The van der Waals surface area contributed by atoms with Crippen molar-refractivity contribution >= 4 is 10.8 Å². The van der Waals surface area contributed by atoms with E-state index in [1.165, 1.54) is 0 Å². The van der Waals surface area contributed by atoms with E-state index >= 15 is 0 Å². The molecule has 2 rings (SSSR count). The van der Waals surface area contributed by atoms with E-state index in [0.717, 1.165) is 16.3 Å². The zero-order chi connectivity index (χ0) is 12.5. The van der Waals surface area contributed by atoms with Gasteiger partial charge in [0.05, 0.1) is 0 Å². The maximum atomic E-state index is 12.0. The molecule has 0 saturated heterocycles. The van der Waals surface area contributed by atoms with Crippen LogP contribution in [0.15, 0.2) is 36.4 Å². The second-order valence-corrected chi connectivity index (χ2v) is 3.87. The molecule has 0 radical (unpaired) electrons. The minimum atomic E-state index is -4.31. The predicted molar refractivity (Wildman–Crippen MR) is 60.2 cm³/mol. The smallest absolute Gasteiger partial charge is 0.422 e. The second kappa shape index (κ2) is 4.28. The Balaban J connectivity index is 2.31. The molecule has 0 saturated carbocycles. The van der Waals surface area contributed by atoms with Crippen LogP contribution in [0, 0.1) is 6.92 Å². The highest BCUT2D eigenvalue weighted by atomic mass is 19.4. The number of fused-ring (bicyclic) bond motifs is 1. The van der Waals surface area contributed by atoms with Crippen LogP contribution in [0.4, 0.5) is 13.2 Å². The Bertz CT molecular complexity index is 532. The molecule has 0 heterocycles. The van der Waals surface area contributed by atoms with Gasteiger partial charge in [-0.3, -0.25) is 0 Å². The van der Waals surface area contributed by atoms with Crippen molar-refractivity contribution in [3.63, 3.8) is 0 Å². The monoisotopic (exact) mass is 240 g/mol. The third-order valence-electron chi connectivity index (χ3n) is 2.44. The number of hydrogen-bond donors (Lipinski definition) is 0. The van der Waals surface area contributed by atoms with Crippen LogP contribution in [-0.4, -0.2) is 12.8 Å². The zero-order valence-corrected chi connectivity index (χ0v) is 9.21. The molecule has 0 atom stereocenters. The first-order chi connectivity index (χ1) is 7.96. The van der Waals surface area contributed by atoms with Crippen LogP contribution in [0.2, 0.25) is 0 Å². The Kier molecular flexibility index (Phi) is 2.96. The topological polar surface area (TPSA) is 9.23 Å². The number of ether oxygens (including phenoxy) is 1. The number of benzene rings is 2. The van der Waals surface area contributed by atoms with Crippen molar-refractivity contribution in [1.29, 1.82) is 0 Å². The molecule has 1 nitrogen and oxygen atoms in total. The van der Waals surface area contributed by atoms with Gasteiger partial charge in [-0.1, -0.05) is 24.3 Å². The molecule has 0 spiro atoms. The van der Waals surface area contributed by atoms with Gasteiger partial charge in [0.1, 0.15) is 5.75 Å². The maximum Gasteiger partial charge on any atom is 0.422 e. The quantitative estimate of drug-likeness (QED) is 0.768. The standard InChI is InChI=1S/C13H11F3O/c1-9-6-11(17-8-13(14,15)16)7-10-4-2-3-5-12(9)10/h2-7H,8H2,1H3. The molecule has 90 valence electrons. The van der Waals surface area contributed by atoms with Gasteiger partial charge in [-0.15, -0.1) is 0 Å². The number of hydrogen-bond acceptors (Lipinski definition) is 1. The van der Waals surface area contributed by atoms with Gasteiger partial charge >= 0.3 is 6.18 Å². The fraction of sp³-hybridized carbons (Fsp3) is 0.231. The maximum absolute atomic E-state index is 12.0. The van der Waals surface area contributed by atoms with Gasteiger partial charge in [0.2, 0.25) is 0 Å². The lowest BCUT2D eigenvalue weighted by Crippen LogP contribution is -2.19. The average molecular weight is 240 g/mol. The van der Waals surface area contributed by atoms with E-state index in [0.29, 0.717) is 0 Å². The Morgan fingerprint density at radius 3 is 2.53 bits per heavy atom. The summed E-state index contributed by atoms with van der Waals surface area (Å²) in [5.74, 6) is 0.249. The number of alkyl halides is 3. The third kappa shape index (κ3) is 2.90. The van der Waals surface area contributed by atoms with E-state index in [4.69, 9.17) is 4.74 Å². The fourth-order valence-corrected chi connectivity index (χ4v) is 1.72. The third-order valence-corrected chi connectivity index (χ3v) is 2.44. The highest BCUT2D eigenvalue weighted by Crippen LogP contribution is 2.26. The highest BCUT2D eigenvalue weighted by Gasteiger charge is 2.28. The SMILES string of the molecule is Cc1cc(OCC(F)(F)F)cc2ccccc12. The molecule has 2 aromatic rings. The first kappa shape index (κ1) is 11.8. The van der Waals surface area contributed by atoms with Crippen LogP contribution < -0.4 is 4.74 Å². The molecule has 4 heteroatoms. The van der Waals surface area contributed by atoms with Crippen molar-refractivity contribution in [2.24, 2.45) is 0 Å². The molecule has 0 aliphatic rings. The van der Waals surface area contributed by atoms with Crippen molar-refractivity contribution in [3.05, 3.63) is 42.0 Å². The molecular weight excluding hydrogens is 229 g/mol. The Hall–Kier alpha value is -1.71. The molecule has 0 bridgehead atoms. The summed E-state index contributed by atoms with van der Waals surface area (Å²) in [5, 5.41) is 1.90. The summed E-state index contributed by atoms with van der Waals surface area (Å²) in [6, 6.07) is 10.8. The first-order valence-electron chi connectivity index (χ1n) is 5.15. The van der Waals surface area contributed by atoms with Gasteiger partial charge in [-0.05, 0) is 35.4 Å². The minimum Gasteiger partial charge on any atom is -0.484 e. The number of aryl methyl sites for hydroxylation is 1.